The number of fused-ring (bicyclic) bond motifs is 1. The van der Waals surface area contributed by atoms with Gasteiger partial charge in [0, 0.05) is 0 Å². The third kappa shape index (κ3) is 1.91. The van der Waals surface area contributed by atoms with Gasteiger partial charge in [0.05, 0.1) is 5.54 Å². The van der Waals surface area contributed by atoms with Crippen LogP contribution in [0.5, 0.6) is 0 Å². The maximum absolute atomic E-state index is 11.9. The summed E-state index contributed by atoms with van der Waals surface area (Å²) in [4.78, 5) is 11.9. The van der Waals surface area contributed by atoms with E-state index in [0.717, 1.165) is 4.31 Å². The van der Waals surface area contributed by atoms with E-state index in [-0.39, 0.29) is 0 Å². The van der Waals surface area contributed by atoms with E-state index in [0.29, 0.717) is 12.8 Å². The van der Waals surface area contributed by atoms with Crippen molar-refractivity contribution in [3.8, 4) is 0 Å². The first-order valence-electron chi connectivity index (χ1n) is 5.53. The first-order chi connectivity index (χ1) is 7.56. The third-order valence-electron chi connectivity index (χ3n) is 3.09. The SMILES string of the molecule is CC(C)(C)OC(=O)N1[C@@]2(C)CCC2OS1(=O)=O. The highest BCUT2D eigenvalue weighted by Crippen LogP contribution is 2.48. The van der Waals surface area contributed by atoms with Crippen LogP contribution in [-0.4, -0.2) is 36.1 Å². The molecule has 1 saturated heterocycles. The molecule has 0 N–H and O–H groups in total. The Kier molecular flexibility index (Phi) is 2.49. The smallest absolute Gasteiger partial charge is 0.426 e. The summed E-state index contributed by atoms with van der Waals surface area (Å²) < 4.78 is 34.3. The molecule has 0 bridgehead atoms. The Morgan fingerprint density at radius 2 is 2.06 bits per heavy atom. The van der Waals surface area contributed by atoms with Gasteiger partial charge in [-0.25, -0.2) is 8.98 Å². The standard InChI is InChI=1S/C10H17NO5S/c1-9(2,3)15-8(12)11-10(4)6-5-7(10)16-17(11,13)14/h7H,5-6H2,1-4H3/t7?,10-/m0/s1. The van der Waals surface area contributed by atoms with Crippen LogP contribution in [0.4, 0.5) is 4.79 Å². The average Bonchev–Trinajstić information content (AvgIpc) is 2.21. The summed E-state index contributed by atoms with van der Waals surface area (Å²) in [5.41, 5.74) is -1.51. The Morgan fingerprint density at radius 1 is 1.47 bits per heavy atom. The molecular weight excluding hydrogens is 246 g/mol. The molecule has 1 heterocycles. The van der Waals surface area contributed by atoms with E-state index in [1.54, 1.807) is 27.7 Å². The fraction of sp³-hybridized carbons (Fsp3) is 0.900. The highest BCUT2D eigenvalue weighted by molar-refractivity contribution is 7.85. The number of nitrogens with zero attached hydrogens (tertiary/aromatic N) is 1. The van der Waals surface area contributed by atoms with Gasteiger partial charge >= 0.3 is 16.4 Å². The van der Waals surface area contributed by atoms with E-state index in [9.17, 15) is 13.2 Å². The predicted molar refractivity (Wildman–Crippen MR) is 59.5 cm³/mol. The lowest BCUT2D eigenvalue weighted by Crippen LogP contribution is -2.58. The third-order valence-corrected chi connectivity index (χ3v) is 4.58. The Balaban J connectivity index is 2.27. The molecule has 1 unspecified atom stereocenters. The summed E-state index contributed by atoms with van der Waals surface area (Å²) in [6.07, 6.45) is -0.0345. The second kappa shape index (κ2) is 3.35. The summed E-state index contributed by atoms with van der Waals surface area (Å²) in [7, 11) is -3.99. The minimum atomic E-state index is -3.99. The predicted octanol–water partition coefficient (Wildman–Crippen LogP) is 1.42. The van der Waals surface area contributed by atoms with E-state index >= 15 is 0 Å². The van der Waals surface area contributed by atoms with E-state index < -0.39 is 33.6 Å². The molecule has 0 aromatic heterocycles. The normalized spacial score (nSPS) is 35.1. The number of carbonyl (C=O) groups excluding carboxylic acids is 1. The van der Waals surface area contributed by atoms with E-state index in [1.807, 2.05) is 0 Å². The van der Waals surface area contributed by atoms with Crippen LogP contribution < -0.4 is 0 Å². The maximum atomic E-state index is 11.9. The van der Waals surface area contributed by atoms with E-state index in [4.69, 9.17) is 8.92 Å². The van der Waals surface area contributed by atoms with Gasteiger partial charge in [-0.1, -0.05) is 0 Å². The zero-order valence-electron chi connectivity index (χ0n) is 10.4. The highest BCUT2D eigenvalue weighted by Gasteiger charge is 2.63. The lowest BCUT2D eigenvalue weighted by Gasteiger charge is -2.42. The zero-order chi connectivity index (χ0) is 13.1. The van der Waals surface area contributed by atoms with Crippen LogP contribution in [0.15, 0.2) is 0 Å². The van der Waals surface area contributed by atoms with Gasteiger partial charge in [0.2, 0.25) is 0 Å². The minimum absolute atomic E-state index is 0.431. The maximum Gasteiger partial charge on any atom is 0.426 e. The van der Waals surface area contributed by atoms with E-state index in [1.165, 1.54) is 0 Å². The highest BCUT2D eigenvalue weighted by atomic mass is 32.2. The Morgan fingerprint density at radius 3 is 2.41 bits per heavy atom. The zero-order valence-corrected chi connectivity index (χ0v) is 11.2. The monoisotopic (exact) mass is 263 g/mol. The van der Waals surface area contributed by atoms with Crippen LogP contribution in [0.1, 0.15) is 40.5 Å². The van der Waals surface area contributed by atoms with Crippen molar-refractivity contribution < 1.29 is 22.1 Å². The van der Waals surface area contributed by atoms with Crippen LogP contribution in [0, 0.1) is 0 Å². The Hall–Kier alpha value is -0.820. The molecule has 1 saturated carbocycles. The molecule has 2 rings (SSSR count). The fourth-order valence-corrected chi connectivity index (χ4v) is 3.74. The van der Waals surface area contributed by atoms with Crippen LogP contribution in [0.2, 0.25) is 0 Å². The molecule has 2 aliphatic rings. The lowest BCUT2D eigenvalue weighted by atomic mass is 9.75. The lowest BCUT2D eigenvalue weighted by molar-refractivity contribution is -0.00930. The molecule has 0 aromatic rings. The van der Waals surface area contributed by atoms with Crippen molar-refractivity contribution >= 4 is 16.4 Å². The van der Waals surface area contributed by atoms with Crippen LogP contribution in [0.3, 0.4) is 0 Å². The first-order valence-corrected chi connectivity index (χ1v) is 6.89. The molecule has 1 aliphatic carbocycles. The number of hydrogen-bond donors (Lipinski definition) is 0. The topological polar surface area (TPSA) is 72.9 Å². The van der Waals surface area contributed by atoms with Crippen molar-refractivity contribution in [3.05, 3.63) is 0 Å². The van der Waals surface area contributed by atoms with Gasteiger partial charge < -0.3 is 4.74 Å². The Bertz CT molecular complexity index is 452. The second-order valence-electron chi connectivity index (χ2n) is 5.68. The summed E-state index contributed by atoms with van der Waals surface area (Å²) in [6.45, 7) is 6.77. The second-order valence-corrected chi connectivity index (χ2v) is 7.10. The molecule has 2 atom stereocenters. The molecule has 0 radical (unpaired) electrons. The quantitative estimate of drug-likeness (QED) is 0.661. The van der Waals surface area contributed by atoms with Gasteiger partial charge in [0.1, 0.15) is 11.7 Å². The Labute approximate surface area is 101 Å². The van der Waals surface area contributed by atoms with Crippen molar-refractivity contribution in [2.75, 3.05) is 0 Å². The summed E-state index contributed by atoms with van der Waals surface area (Å²) >= 11 is 0. The van der Waals surface area contributed by atoms with Gasteiger partial charge in [0.15, 0.2) is 0 Å². The molecule has 1 amide bonds. The molecule has 98 valence electrons. The molecule has 0 spiro atoms. The van der Waals surface area contributed by atoms with Gasteiger partial charge in [-0.05, 0) is 40.5 Å². The number of carbonyl (C=O) groups is 1. The van der Waals surface area contributed by atoms with Gasteiger partial charge in [0.25, 0.3) is 0 Å². The summed E-state index contributed by atoms with van der Waals surface area (Å²) in [5, 5.41) is 0. The van der Waals surface area contributed by atoms with Crippen molar-refractivity contribution in [3.63, 3.8) is 0 Å². The molecular formula is C10H17NO5S. The molecule has 1 aliphatic heterocycles. The van der Waals surface area contributed by atoms with Crippen molar-refractivity contribution in [1.29, 1.82) is 0 Å². The van der Waals surface area contributed by atoms with Gasteiger partial charge in [-0.2, -0.15) is 12.7 Å². The fourth-order valence-electron chi connectivity index (χ4n) is 2.11. The van der Waals surface area contributed by atoms with E-state index in [2.05, 4.69) is 0 Å². The molecule has 6 nitrogen and oxygen atoms in total. The van der Waals surface area contributed by atoms with Crippen molar-refractivity contribution in [2.45, 2.75) is 57.8 Å². The molecule has 2 fully saturated rings. The molecule has 0 aromatic carbocycles. The number of hydrogen-bond acceptors (Lipinski definition) is 5. The van der Waals surface area contributed by atoms with Gasteiger partial charge in [-0.3, -0.25) is 0 Å². The number of rotatable bonds is 0. The largest absolute Gasteiger partial charge is 0.443 e. The molecule has 17 heavy (non-hydrogen) atoms. The summed E-state index contributed by atoms with van der Waals surface area (Å²) in [5.74, 6) is 0. The van der Waals surface area contributed by atoms with Crippen LogP contribution in [-0.2, 0) is 19.2 Å². The van der Waals surface area contributed by atoms with Crippen LogP contribution in [0.25, 0.3) is 0 Å². The van der Waals surface area contributed by atoms with Crippen molar-refractivity contribution in [2.24, 2.45) is 0 Å². The van der Waals surface area contributed by atoms with Crippen LogP contribution >= 0.6 is 0 Å². The number of ether oxygens (including phenoxy) is 1. The molecule has 7 heteroatoms. The average molecular weight is 263 g/mol. The number of amides is 1. The first kappa shape index (κ1) is 12.6. The minimum Gasteiger partial charge on any atom is -0.443 e. The summed E-state index contributed by atoms with van der Waals surface area (Å²) in [6, 6.07) is 0. The van der Waals surface area contributed by atoms with Crippen molar-refractivity contribution in [1.82, 2.24) is 4.31 Å². The van der Waals surface area contributed by atoms with Gasteiger partial charge in [-0.15, -0.1) is 0 Å².